The van der Waals surface area contributed by atoms with E-state index in [2.05, 4.69) is 0 Å². The summed E-state index contributed by atoms with van der Waals surface area (Å²) in [6, 6.07) is 0. The first-order valence-corrected chi connectivity index (χ1v) is 1.55. The molecule has 0 saturated carbocycles. The average Bonchev–Trinajstić information content (AvgIpc) is 0.811. The van der Waals surface area contributed by atoms with E-state index in [1.54, 1.807) is 0 Å². The van der Waals surface area contributed by atoms with Gasteiger partial charge in [0.2, 0.25) is 0 Å². The topological polar surface area (TPSA) is 60.4 Å². The van der Waals surface area contributed by atoms with Crippen LogP contribution in [0.4, 0.5) is 0 Å². The van der Waals surface area contributed by atoms with Crippen LogP contribution in [0.15, 0.2) is 0 Å². The van der Waals surface area contributed by atoms with E-state index < -0.39 is 11.4 Å². The zero-order valence-corrected chi connectivity index (χ0v) is 5.52. The monoisotopic (exact) mass is 233 g/mol. The van der Waals surface area contributed by atoms with Crippen LogP contribution in [0.3, 0.4) is 0 Å². The molecular formula is HO3SSm-. The maximum absolute atomic E-state index is 8.56. The fourth-order valence-electron chi connectivity index (χ4n) is 0. The molecule has 0 spiro atoms. The van der Waals surface area contributed by atoms with Crippen LogP contribution < -0.4 is 0 Å². The zero-order chi connectivity index (χ0) is 3.58. The third kappa shape index (κ3) is 31.7. The van der Waals surface area contributed by atoms with Crippen LogP contribution >= 0.6 is 0 Å². The Balaban J connectivity index is 0. The van der Waals surface area contributed by atoms with Crippen LogP contribution in [-0.2, 0) is 11.4 Å². The Morgan fingerprint density at radius 3 is 1.80 bits per heavy atom. The van der Waals surface area contributed by atoms with Crippen molar-refractivity contribution in [2.24, 2.45) is 0 Å². The molecule has 0 aromatic carbocycles. The van der Waals surface area contributed by atoms with Crippen molar-refractivity contribution in [2.45, 2.75) is 0 Å². The molecule has 3 nitrogen and oxygen atoms in total. The minimum absolute atomic E-state index is 0. The predicted molar refractivity (Wildman–Crippen MR) is 11.5 cm³/mol. The fraction of sp³-hybridized carbons (Fsp3) is 0. The Kier molecular flexibility index (Phi) is 10.4. The molecule has 0 heterocycles. The summed E-state index contributed by atoms with van der Waals surface area (Å²) in [5, 5.41) is 0. The van der Waals surface area contributed by atoms with Crippen LogP contribution in [0.2, 0.25) is 0 Å². The van der Waals surface area contributed by atoms with Gasteiger partial charge < -0.3 is 9.11 Å². The van der Waals surface area contributed by atoms with Crippen LogP contribution in [0.25, 0.3) is 0 Å². The normalized spacial score (nSPS) is 12.4. The summed E-state index contributed by atoms with van der Waals surface area (Å²) in [7, 11) is 0. The van der Waals surface area contributed by atoms with E-state index in [4.69, 9.17) is 13.3 Å². The Morgan fingerprint density at radius 2 is 1.80 bits per heavy atom. The van der Waals surface area contributed by atoms with Crippen molar-refractivity contribution >= 4 is 11.4 Å². The van der Waals surface area contributed by atoms with Gasteiger partial charge in [0, 0.05) is 40.4 Å². The van der Waals surface area contributed by atoms with Crippen LogP contribution in [0.5, 0.6) is 0 Å². The number of hydrogen-bond donors (Lipinski definition) is 1. The molecular weight excluding hydrogens is 230 g/mol. The quantitative estimate of drug-likeness (QED) is 0.563. The number of rotatable bonds is 0. The molecule has 0 aliphatic heterocycles. The van der Waals surface area contributed by atoms with Gasteiger partial charge in [-0.05, 0) is 0 Å². The zero-order valence-electron chi connectivity index (χ0n) is 2.08. The molecule has 0 aromatic heterocycles. The second kappa shape index (κ2) is 5.41. The van der Waals surface area contributed by atoms with Crippen LogP contribution in [0.1, 0.15) is 0 Å². The van der Waals surface area contributed by atoms with Gasteiger partial charge in [-0.15, -0.1) is 0 Å². The molecule has 0 fully saturated rings. The molecule has 0 aromatic rings. The van der Waals surface area contributed by atoms with Crippen molar-refractivity contribution < 1.29 is 53.7 Å². The summed E-state index contributed by atoms with van der Waals surface area (Å²) < 4.78 is 24.1. The van der Waals surface area contributed by atoms with Crippen molar-refractivity contribution in [3.63, 3.8) is 0 Å². The molecule has 5 heteroatoms. The van der Waals surface area contributed by atoms with E-state index >= 15 is 0 Å². The molecule has 1 atom stereocenters. The summed E-state index contributed by atoms with van der Waals surface area (Å²) in [5.74, 6) is 0. The molecule has 0 amide bonds. The third-order valence-electron chi connectivity index (χ3n) is 0. The van der Waals surface area contributed by atoms with Crippen LogP contribution in [-0.4, -0.2) is 13.3 Å². The Morgan fingerprint density at radius 1 is 1.80 bits per heavy atom. The SMILES string of the molecule is O=S([O-])O.[Sm]. The van der Waals surface area contributed by atoms with E-state index in [9.17, 15) is 0 Å². The largest absolute Gasteiger partial charge is 0.750 e. The van der Waals surface area contributed by atoms with Crippen molar-refractivity contribution in [3.8, 4) is 0 Å². The van der Waals surface area contributed by atoms with Gasteiger partial charge >= 0.3 is 0 Å². The van der Waals surface area contributed by atoms with E-state index in [1.165, 1.54) is 0 Å². The van der Waals surface area contributed by atoms with Crippen molar-refractivity contribution in [1.82, 2.24) is 0 Å². The van der Waals surface area contributed by atoms with E-state index in [0.29, 0.717) is 0 Å². The van der Waals surface area contributed by atoms with Crippen molar-refractivity contribution in [3.05, 3.63) is 0 Å². The van der Waals surface area contributed by atoms with E-state index in [-0.39, 0.29) is 40.4 Å². The second-order valence-electron chi connectivity index (χ2n) is 0.217. The van der Waals surface area contributed by atoms with E-state index in [0.717, 1.165) is 0 Å². The summed E-state index contributed by atoms with van der Waals surface area (Å²) in [4.78, 5) is 0. The van der Waals surface area contributed by atoms with Crippen LogP contribution in [0, 0.1) is 40.4 Å². The molecule has 0 rings (SSSR count). The van der Waals surface area contributed by atoms with Gasteiger partial charge in [-0.1, -0.05) is 0 Å². The first-order chi connectivity index (χ1) is 1.73. The standard InChI is InChI=1S/H2O3S.Sm/c1-4(2)3;/h(H2,1,2,3);/p-1. The first kappa shape index (κ1) is 9.64. The molecule has 0 radical (unpaired) electrons. The summed E-state index contributed by atoms with van der Waals surface area (Å²) in [6.07, 6.45) is 0. The first-order valence-electron chi connectivity index (χ1n) is 0.516. The Bertz CT molecular complexity index is 29.9. The molecule has 5 heavy (non-hydrogen) atoms. The minimum atomic E-state index is -2.86. The van der Waals surface area contributed by atoms with Gasteiger partial charge in [-0.3, -0.25) is 0 Å². The molecule has 1 unspecified atom stereocenters. The maximum atomic E-state index is 8.56. The minimum Gasteiger partial charge on any atom is -0.750 e. The number of hydrogen-bond acceptors (Lipinski definition) is 2. The maximum Gasteiger partial charge on any atom is 0.0814 e. The Hall–Kier alpha value is 1.41. The molecule has 32 valence electrons. The molecule has 0 saturated heterocycles. The second-order valence-corrected chi connectivity index (χ2v) is 0.651. The molecule has 0 aliphatic rings. The van der Waals surface area contributed by atoms with Gasteiger partial charge in [-0.25, -0.2) is 4.21 Å². The Labute approximate surface area is 64.4 Å². The third-order valence-corrected chi connectivity index (χ3v) is 0. The summed E-state index contributed by atoms with van der Waals surface area (Å²) >= 11 is -2.86. The fourth-order valence-corrected chi connectivity index (χ4v) is 0. The van der Waals surface area contributed by atoms with Gasteiger partial charge in [-0.2, -0.15) is 0 Å². The van der Waals surface area contributed by atoms with Gasteiger partial charge in [0.1, 0.15) is 0 Å². The van der Waals surface area contributed by atoms with Crippen molar-refractivity contribution in [1.29, 1.82) is 0 Å². The van der Waals surface area contributed by atoms with Crippen molar-refractivity contribution in [2.75, 3.05) is 0 Å². The van der Waals surface area contributed by atoms with Gasteiger partial charge in [0.15, 0.2) is 0 Å². The summed E-state index contributed by atoms with van der Waals surface area (Å²) in [6.45, 7) is 0. The average molecular weight is 231 g/mol. The molecule has 0 bridgehead atoms. The predicted octanol–water partition coefficient (Wildman–Crippen LogP) is -0.661. The van der Waals surface area contributed by atoms with E-state index in [1.807, 2.05) is 0 Å². The molecule has 1 N–H and O–H groups in total. The molecule has 0 aliphatic carbocycles. The smallest absolute Gasteiger partial charge is 0.0814 e. The van der Waals surface area contributed by atoms with Gasteiger partial charge in [0.25, 0.3) is 0 Å². The van der Waals surface area contributed by atoms with Gasteiger partial charge in [0.05, 0.1) is 11.4 Å². The summed E-state index contributed by atoms with van der Waals surface area (Å²) in [5.41, 5.74) is 0.